The number of para-hydroxylation sites is 1. The molecule has 0 spiro atoms. The Kier molecular flexibility index (Phi) is 2.95. The molecule has 1 heterocycles. The Morgan fingerprint density at radius 2 is 2.27 bits per heavy atom. The van der Waals surface area contributed by atoms with Crippen LogP contribution in [-0.4, -0.2) is 4.57 Å². The number of aryl methyl sites for hydroxylation is 1. The fourth-order valence-electron chi connectivity index (χ4n) is 1.84. The van der Waals surface area contributed by atoms with Crippen LogP contribution < -0.4 is 5.90 Å². The molecule has 0 fully saturated rings. The van der Waals surface area contributed by atoms with Gasteiger partial charge in [0.05, 0.1) is 17.1 Å². The first-order valence-corrected chi connectivity index (χ1v) is 5.23. The smallest absolute Gasteiger partial charge is 0.0950 e. The first-order chi connectivity index (χ1) is 7.27. The molecule has 0 bridgehead atoms. The van der Waals surface area contributed by atoms with Crippen molar-refractivity contribution < 1.29 is 4.84 Å². The van der Waals surface area contributed by atoms with Crippen LogP contribution in [0.3, 0.4) is 0 Å². The number of nitrogens with zero attached hydrogens (tertiary/aromatic N) is 1. The van der Waals surface area contributed by atoms with Crippen molar-refractivity contribution in [2.45, 2.75) is 20.1 Å². The zero-order valence-electron chi connectivity index (χ0n) is 8.53. The maximum absolute atomic E-state index is 6.16. The Balaban J connectivity index is 2.69. The minimum absolute atomic E-state index is 0.407. The lowest BCUT2D eigenvalue weighted by atomic mass is 10.2. The van der Waals surface area contributed by atoms with E-state index >= 15 is 0 Å². The zero-order chi connectivity index (χ0) is 10.8. The average Bonchev–Trinajstić information content (AvgIpc) is 2.59. The average molecular weight is 225 g/mol. The largest absolute Gasteiger partial charge is 0.346 e. The number of nitrogens with two attached hydrogens (primary N) is 1. The molecule has 0 aliphatic heterocycles. The van der Waals surface area contributed by atoms with Gasteiger partial charge in [-0.25, -0.2) is 5.90 Å². The third-order valence-corrected chi connectivity index (χ3v) is 2.82. The zero-order valence-corrected chi connectivity index (χ0v) is 9.29. The van der Waals surface area contributed by atoms with E-state index in [-0.39, 0.29) is 0 Å². The van der Waals surface area contributed by atoms with Crippen LogP contribution in [0.1, 0.15) is 12.5 Å². The second-order valence-corrected chi connectivity index (χ2v) is 3.79. The second-order valence-electron chi connectivity index (χ2n) is 3.39. The standard InChI is InChI=1S/C11H13ClN2O/c1-2-14-6-8(7-15-13)9-4-3-5-10(12)11(9)14/h3-6H,2,7,13H2,1H3. The summed E-state index contributed by atoms with van der Waals surface area (Å²) < 4.78 is 2.10. The molecule has 0 saturated carbocycles. The van der Waals surface area contributed by atoms with Crippen LogP contribution in [0, 0.1) is 0 Å². The topological polar surface area (TPSA) is 40.2 Å². The van der Waals surface area contributed by atoms with Gasteiger partial charge in [-0.05, 0) is 13.0 Å². The van der Waals surface area contributed by atoms with Crippen LogP contribution in [0.2, 0.25) is 5.02 Å². The predicted molar refractivity (Wildman–Crippen MR) is 61.6 cm³/mol. The van der Waals surface area contributed by atoms with Crippen LogP contribution in [0.25, 0.3) is 10.9 Å². The van der Waals surface area contributed by atoms with Crippen LogP contribution in [0.5, 0.6) is 0 Å². The van der Waals surface area contributed by atoms with Gasteiger partial charge in [0.2, 0.25) is 0 Å². The molecule has 0 aliphatic rings. The van der Waals surface area contributed by atoms with Gasteiger partial charge in [-0.1, -0.05) is 23.7 Å². The van der Waals surface area contributed by atoms with Crippen molar-refractivity contribution in [3.8, 4) is 0 Å². The molecular formula is C11H13ClN2O. The molecule has 0 radical (unpaired) electrons. The van der Waals surface area contributed by atoms with Gasteiger partial charge in [-0.3, -0.25) is 4.84 Å². The number of hydrogen-bond donors (Lipinski definition) is 1. The highest BCUT2D eigenvalue weighted by Gasteiger charge is 2.09. The van der Waals surface area contributed by atoms with Crippen LogP contribution in [0.15, 0.2) is 24.4 Å². The summed E-state index contributed by atoms with van der Waals surface area (Å²) in [6, 6.07) is 5.86. The summed E-state index contributed by atoms with van der Waals surface area (Å²) in [5, 5.41) is 1.87. The number of halogens is 1. The molecule has 0 amide bonds. The highest BCUT2D eigenvalue weighted by Crippen LogP contribution is 2.28. The maximum Gasteiger partial charge on any atom is 0.0950 e. The van der Waals surface area contributed by atoms with Crippen molar-refractivity contribution in [2.24, 2.45) is 5.90 Å². The van der Waals surface area contributed by atoms with Crippen molar-refractivity contribution >= 4 is 22.5 Å². The van der Waals surface area contributed by atoms with Gasteiger partial charge >= 0.3 is 0 Å². The summed E-state index contributed by atoms with van der Waals surface area (Å²) in [5.74, 6) is 5.10. The molecule has 2 rings (SSSR count). The molecule has 4 heteroatoms. The van der Waals surface area contributed by atoms with E-state index in [4.69, 9.17) is 17.5 Å². The third kappa shape index (κ3) is 1.74. The summed E-state index contributed by atoms with van der Waals surface area (Å²) in [6.45, 7) is 3.37. The third-order valence-electron chi connectivity index (χ3n) is 2.51. The van der Waals surface area contributed by atoms with Gasteiger partial charge in [0.25, 0.3) is 0 Å². The minimum Gasteiger partial charge on any atom is -0.346 e. The first kappa shape index (κ1) is 10.5. The fraction of sp³-hybridized carbons (Fsp3) is 0.273. The summed E-state index contributed by atoms with van der Waals surface area (Å²) >= 11 is 6.16. The van der Waals surface area contributed by atoms with E-state index < -0.39 is 0 Å². The maximum atomic E-state index is 6.16. The molecule has 2 aromatic rings. The van der Waals surface area contributed by atoms with Crippen molar-refractivity contribution in [1.29, 1.82) is 0 Å². The number of hydrogen-bond acceptors (Lipinski definition) is 2. The van der Waals surface area contributed by atoms with E-state index in [1.54, 1.807) is 0 Å². The molecule has 80 valence electrons. The van der Waals surface area contributed by atoms with E-state index in [1.807, 2.05) is 24.4 Å². The van der Waals surface area contributed by atoms with Crippen molar-refractivity contribution in [2.75, 3.05) is 0 Å². The lowest BCUT2D eigenvalue weighted by molar-refractivity contribution is 0.125. The highest BCUT2D eigenvalue weighted by molar-refractivity contribution is 6.35. The van der Waals surface area contributed by atoms with Crippen molar-refractivity contribution in [3.63, 3.8) is 0 Å². The molecule has 1 aromatic heterocycles. The number of rotatable bonds is 3. The van der Waals surface area contributed by atoms with Crippen molar-refractivity contribution in [3.05, 3.63) is 35.0 Å². The van der Waals surface area contributed by atoms with E-state index in [2.05, 4.69) is 16.3 Å². The van der Waals surface area contributed by atoms with Gasteiger partial charge in [-0.15, -0.1) is 0 Å². The normalized spacial score (nSPS) is 11.1. The van der Waals surface area contributed by atoms with Gasteiger partial charge < -0.3 is 4.57 Å². The van der Waals surface area contributed by atoms with Crippen LogP contribution in [0.4, 0.5) is 0 Å². The Hall–Kier alpha value is -1.03. The molecule has 0 unspecified atom stereocenters. The number of aromatic nitrogens is 1. The summed E-state index contributed by atoms with van der Waals surface area (Å²) in [5.41, 5.74) is 2.12. The molecule has 15 heavy (non-hydrogen) atoms. The quantitative estimate of drug-likeness (QED) is 0.815. The molecule has 0 saturated heterocycles. The SMILES string of the molecule is CCn1cc(CON)c2cccc(Cl)c21. The Labute approximate surface area is 93.3 Å². The van der Waals surface area contributed by atoms with Crippen molar-refractivity contribution in [1.82, 2.24) is 4.57 Å². The Bertz CT molecular complexity index is 479. The molecular weight excluding hydrogens is 212 g/mol. The lowest BCUT2D eigenvalue weighted by Gasteiger charge is -2.01. The van der Waals surface area contributed by atoms with Gasteiger partial charge in [0.15, 0.2) is 0 Å². The summed E-state index contributed by atoms with van der Waals surface area (Å²) in [7, 11) is 0. The first-order valence-electron chi connectivity index (χ1n) is 4.85. The summed E-state index contributed by atoms with van der Waals surface area (Å²) in [4.78, 5) is 4.68. The van der Waals surface area contributed by atoms with Gasteiger partial charge in [0, 0.05) is 23.7 Å². The minimum atomic E-state index is 0.407. The Morgan fingerprint density at radius 3 is 2.93 bits per heavy atom. The summed E-state index contributed by atoms with van der Waals surface area (Å²) in [6.07, 6.45) is 2.03. The predicted octanol–water partition coefficient (Wildman–Crippen LogP) is 2.70. The fourth-order valence-corrected chi connectivity index (χ4v) is 2.13. The van der Waals surface area contributed by atoms with E-state index in [0.29, 0.717) is 6.61 Å². The van der Waals surface area contributed by atoms with Crippen LogP contribution in [-0.2, 0) is 18.0 Å². The second kappa shape index (κ2) is 4.23. The lowest BCUT2D eigenvalue weighted by Crippen LogP contribution is -1.98. The van der Waals surface area contributed by atoms with Crippen LogP contribution >= 0.6 is 11.6 Å². The van der Waals surface area contributed by atoms with E-state index in [9.17, 15) is 0 Å². The molecule has 1 aromatic carbocycles. The van der Waals surface area contributed by atoms with E-state index in [0.717, 1.165) is 28.0 Å². The highest BCUT2D eigenvalue weighted by atomic mass is 35.5. The molecule has 0 aliphatic carbocycles. The monoisotopic (exact) mass is 224 g/mol. The van der Waals surface area contributed by atoms with Gasteiger partial charge in [0.1, 0.15) is 0 Å². The number of fused-ring (bicyclic) bond motifs is 1. The van der Waals surface area contributed by atoms with E-state index in [1.165, 1.54) is 0 Å². The molecule has 3 nitrogen and oxygen atoms in total. The molecule has 0 atom stereocenters. The molecule has 2 N–H and O–H groups in total. The van der Waals surface area contributed by atoms with Gasteiger partial charge in [-0.2, -0.15) is 0 Å². The number of benzene rings is 1. The Morgan fingerprint density at radius 1 is 1.47 bits per heavy atom.